The molecule has 1 amide bonds. The van der Waals surface area contributed by atoms with Gasteiger partial charge in [0.1, 0.15) is 5.75 Å². The molecule has 2 aromatic carbocycles. The number of carbonyl (C=O) groups excluding carboxylic acids is 1. The lowest BCUT2D eigenvalue weighted by atomic mass is 9.96. The van der Waals surface area contributed by atoms with Gasteiger partial charge in [0.05, 0.1) is 25.1 Å². The molecule has 1 N–H and O–H groups in total. The van der Waals surface area contributed by atoms with Crippen LogP contribution < -0.4 is 14.4 Å². The van der Waals surface area contributed by atoms with Crippen LogP contribution in [0.1, 0.15) is 50.3 Å². The third kappa shape index (κ3) is 7.90. The van der Waals surface area contributed by atoms with E-state index < -0.39 is 10.0 Å². The summed E-state index contributed by atoms with van der Waals surface area (Å²) < 4.78 is 31.1. The Kier molecular flexibility index (Phi) is 8.92. The fourth-order valence-electron chi connectivity index (χ4n) is 3.43. The van der Waals surface area contributed by atoms with Gasteiger partial charge in [0.15, 0.2) is 0 Å². The number of nitrogens with zero attached hydrogens (tertiary/aromatic N) is 1. The number of aryl methyl sites for hydroxylation is 1. The highest BCUT2D eigenvalue weighted by Gasteiger charge is 2.19. The fourth-order valence-corrected chi connectivity index (χ4v) is 4.40. The number of anilines is 1. The molecule has 0 heterocycles. The number of rotatable bonds is 11. The molecule has 0 saturated heterocycles. The molecular weight excluding hydrogens is 412 g/mol. The van der Waals surface area contributed by atoms with E-state index in [1.807, 2.05) is 43.3 Å². The monoisotopic (exact) mass is 446 g/mol. The second-order valence-electron chi connectivity index (χ2n) is 8.30. The molecule has 0 aliphatic rings. The molecule has 0 aliphatic heterocycles. The largest absolute Gasteiger partial charge is 0.497 e. The van der Waals surface area contributed by atoms with Crippen molar-refractivity contribution in [3.8, 4) is 5.75 Å². The van der Waals surface area contributed by atoms with Gasteiger partial charge in [-0.05, 0) is 55.5 Å². The Morgan fingerprint density at radius 2 is 1.68 bits per heavy atom. The quantitative estimate of drug-likeness (QED) is 0.553. The van der Waals surface area contributed by atoms with Crippen molar-refractivity contribution in [1.29, 1.82) is 0 Å². The Hall–Kier alpha value is -2.54. The first-order chi connectivity index (χ1) is 14.6. The van der Waals surface area contributed by atoms with Crippen LogP contribution in [0.3, 0.4) is 0 Å². The summed E-state index contributed by atoms with van der Waals surface area (Å²) in [6, 6.07) is 15.0. The summed E-state index contributed by atoms with van der Waals surface area (Å²) in [5.41, 5.74) is 2.70. The van der Waals surface area contributed by atoms with E-state index >= 15 is 0 Å². The maximum Gasteiger partial charge on any atom is 0.232 e. The number of amides is 1. The summed E-state index contributed by atoms with van der Waals surface area (Å²) in [4.78, 5) is 12.6. The molecule has 0 unspecified atom stereocenters. The van der Waals surface area contributed by atoms with Crippen molar-refractivity contribution in [2.24, 2.45) is 5.92 Å². The van der Waals surface area contributed by atoms with Crippen LogP contribution in [0.25, 0.3) is 0 Å². The van der Waals surface area contributed by atoms with E-state index in [0.29, 0.717) is 18.0 Å². The maximum absolute atomic E-state index is 12.6. The molecule has 1 atom stereocenters. The number of hydrogen-bond donors (Lipinski definition) is 1. The summed E-state index contributed by atoms with van der Waals surface area (Å²) in [7, 11) is -1.80. The van der Waals surface area contributed by atoms with Crippen LogP contribution in [-0.4, -0.2) is 34.2 Å². The molecule has 6 nitrogen and oxygen atoms in total. The summed E-state index contributed by atoms with van der Waals surface area (Å²) in [5, 5.41) is 3.11. The van der Waals surface area contributed by atoms with Crippen molar-refractivity contribution in [2.75, 3.05) is 24.2 Å². The van der Waals surface area contributed by atoms with Crippen molar-refractivity contribution in [3.63, 3.8) is 0 Å². The van der Waals surface area contributed by atoms with Crippen molar-refractivity contribution >= 4 is 21.6 Å². The van der Waals surface area contributed by atoms with Gasteiger partial charge in [0.25, 0.3) is 0 Å². The lowest BCUT2D eigenvalue weighted by Gasteiger charge is -2.24. The number of methoxy groups -OCH3 is 1. The molecule has 2 rings (SSSR count). The Bertz CT molecular complexity index is 939. The molecule has 170 valence electrons. The molecule has 0 aromatic heterocycles. The molecule has 7 heteroatoms. The second kappa shape index (κ2) is 11.2. The lowest BCUT2D eigenvalue weighted by molar-refractivity contribution is -0.122. The van der Waals surface area contributed by atoms with Crippen LogP contribution in [0.4, 0.5) is 5.69 Å². The molecule has 2 aromatic rings. The number of carbonyl (C=O) groups is 1. The first-order valence-corrected chi connectivity index (χ1v) is 12.4. The highest BCUT2D eigenvalue weighted by atomic mass is 32.2. The summed E-state index contributed by atoms with van der Waals surface area (Å²) in [6.07, 6.45) is 2.69. The van der Waals surface area contributed by atoms with E-state index in [9.17, 15) is 13.2 Å². The van der Waals surface area contributed by atoms with Gasteiger partial charge < -0.3 is 10.1 Å². The molecule has 0 bridgehead atoms. The lowest BCUT2D eigenvalue weighted by Crippen LogP contribution is -2.33. The third-order valence-corrected chi connectivity index (χ3v) is 6.24. The molecule has 0 saturated carbocycles. The number of benzene rings is 2. The zero-order valence-electron chi connectivity index (χ0n) is 19.1. The van der Waals surface area contributed by atoms with Crippen LogP contribution >= 0.6 is 0 Å². The molecule has 0 fully saturated rings. The van der Waals surface area contributed by atoms with E-state index in [0.717, 1.165) is 23.3 Å². The first kappa shape index (κ1) is 24.7. The minimum Gasteiger partial charge on any atom is -0.497 e. The van der Waals surface area contributed by atoms with Gasteiger partial charge in [0, 0.05) is 13.0 Å². The van der Waals surface area contributed by atoms with Crippen molar-refractivity contribution in [2.45, 2.75) is 46.1 Å². The average Bonchev–Trinajstić information content (AvgIpc) is 2.70. The zero-order chi connectivity index (χ0) is 23.0. The fraction of sp³-hybridized carbons (Fsp3) is 0.458. The second-order valence-corrected chi connectivity index (χ2v) is 10.2. The van der Waals surface area contributed by atoms with E-state index in [4.69, 9.17) is 4.74 Å². The highest BCUT2D eigenvalue weighted by Crippen LogP contribution is 2.24. The van der Waals surface area contributed by atoms with Gasteiger partial charge >= 0.3 is 0 Å². The summed E-state index contributed by atoms with van der Waals surface area (Å²) >= 11 is 0. The van der Waals surface area contributed by atoms with Crippen LogP contribution in [0.15, 0.2) is 48.5 Å². The maximum atomic E-state index is 12.6. The van der Waals surface area contributed by atoms with Crippen LogP contribution in [0.2, 0.25) is 0 Å². The van der Waals surface area contributed by atoms with E-state index in [-0.39, 0.29) is 24.9 Å². The van der Waals surface area contributed by atoms with Gasteiger partial charge in [-0.2, -0.15) is 0 Å². The highest BCUT2D eigenvalue weighted by molar-refractivity contribution is 7.92. The Morgan fingerprint density at radius 3 is 2.19 bits per heavy atom. The molecule has 0 aliphatic carbocycles. The molecular formula is C24H34N2O4S. The van der Waals surface area contributed by atoms with Crippen molar-refractivity contribution in [3.05, 3.63) is 59.7 Å². The molecule has 31 heavy (non-hydrogen) atoms. The standard InChI is InChI=1S/C24H34N2O4S/c1-18(2)17-23(20-10-14-22(30-4)15-11-20)25-24(27)7-6-16-26(31(5,28)29)21-12-8-19(3)9-13-21/h8-15,18,23H,6-7,16-17H2,1-5H3,(H,25,27)/t23-/m0/s1. The van der Waals surface area contributed by atoms with Gasteiger partial charge in [-0.25, -0.2) is 8.42 Å². The number of nitrogens with one attached hydrogen (secondary N) is 1. The number of ether oxygens (including phenoxy) is 1. The molecule has 0 radical (unpaired) electrons. The molecule has 0 spiro atoms. The smallest absolute Gasteiger partial charge is 0.232 e. The minimum absolute atomic E-state index is 0.0844. The Morgan fingerprint density at radius 1 is 1.06 bits per heavy atom. The minimum atomic E-state index is -3.43. The van der Waals surface area contributed by atoms with Gasteiger partial charge in [-0.3, -0.25) is 9.10 Å². The predicted molar refractivity (Wildman–Crippen MR) is 126 cm³/mol. The van der Waals surface area contributed by atoms with Gasteiger partial charge in [0.2, 0.25) is 15.9 Å². The van der Waals surface area contributed by atoms with E-state index in [1.54, 1.807) is 19.2 Å². The average molecular weight is 447 g/mol. The predicted octanol–water partition coefficient (Wildman–Crippen LogP) is 4.45. The SMILES string of the molecule is COc1ccc([C@H](CC(C)C)NC(=O)CCCN(c2ccc(C)cc2)S(C)(=O)=O)cc1. The van der Waals surface area contributed by atoms with E-state index in [1.165, 1.54) is 10.6 Å². The summed E-state index contributed by atoms with van der Waals surface area (Å²) in [6.45, 7) is 6.45. The topological polar surface area (TPSA) is 75.7 Å². The third-order valence-electron chi connectivity index (χ3n) is 5.05. The van der Waals surface area contributed by atoms with E-state index in [2.05, 4.69) is 19.2 Å². The van der Waals surface area contributed by atoms with Crippen molar-refractivity contribution < 1.29 is 17.9 Å². The van der Waals surface area contributed by atoms with Gasteiger partial charge in [-0.1, -0.05) is 43.7 Å². The number of sulfonamides is 1. The Labute approximate surface area is 186 Å². The normalized spacial score (nSPS) is 12.5. The Balaban J connectivity index is 2.00. The number of hydrogen-bond acceptors (Lipinski definition) is 4. The van der Waals surface area contributed by atoms with Crippen LogP contribution in [0.5, 0.6) is 5.75 Å². The van der Waals surface area contributed by atoms with Gasteiger partial charge in [-0.15, -0.1) is 0 Å². The van der Waals surface area contributed by atoms with Crippen molar-refractivity contribution in [1.82, 2.24) is 5.32 Å². The van der Waals surface area contributed by atoms with Crippen LogP contribution in [0, 0.1) is 12.8 Å². The summed E-state index contributed by atoms with van der Waals surface area (Å²) in [5.74, 6) is 1.10. The first-order valence-electron chi connectivity index (χ1n) is 10.6. The van der Waals surface area contributed by atoms with Crippen LogP contribution in [-0.2, 0) is 14.8 Å². The zero-order valence-corrected chi connectivity index (χ0v) is 19.9.